The average Bonchev–Trinajstić information content (AvgIpc) is 3.52. The Hall–Kier alpha value is -3.15. The molecule has 1 aliphatic rings. The Morgan fingerprint density at radius 2 is 1.94 bits per heavy atom. The van der Waals surface area contributed by atoms with Crippen LogP contribution in [0.4, 0.5) is 24.5 Å². The number of halogens is 4. The third-order valence-corrected chi connectivity index (χ3v) is 6.45. The summed E-state index contributed by atoms with van der Waals surface area (Å²) in [6.07, 6.45) is -2.81. The van der Waals surface area contributed by atoms with Crippen molar-refractivity contribution in [2.45, 2.75) is 24.7 Å². The van der Waals surface area contributed by atoms with E-state index >= 15 is 0 Å². The summed E-state index contributed by atoms with van der Waals surface area (Å²) in [7, 11) is 0. The highest BCUT2D eigenvalue weighted by atomic mass is 35.5. The molecule has 7 nitrogen and oxygen atoms in total. The quantitative estimate of drug-likeness (QED) is 0.414. The van der Waals surface area contributed by atoms with Crippen LogP contribution in [-0.4, -0.2) is 35.6 Å². The lowest BCUT2D eigenvalue weighted by Crippen LogP contribution is -2.59. The minimum absolute atomic E-state index is 0.0114. The molecule has 12 heteroatoms. The van der Waals surface area contributed by atoms with Crippen molar-refractivity contribution in [3.63, 3.8) is 0 Å². The van der Waals surface area contributed by atoms with Gasteiger partial charge in [-0.15, -0.1) is 11.3 Å². The summed E-state index contributed by atoms with van der Waals surface area (Å²) in [5.74, 6) is -0.782. The van der Waals surface area contributed by atoms with Gasteiger partial charge in [0.2, 0.25) is 5.91 Å². The Kier molecular flexibility index (Phi) is 7.29. The lowest BCUT2D eigenvalue weighted by molar-refractivity contribution is -0.137. The van der Waals surface area contributed by atoms with E-state index in [9.17, 15) is 22.8 Å². The summed E-state index contributed by atoms with van der Waals surface area (Å²) in [6, 6.07) is 10.1. The van der Waals surface area contributed by atoms with Crippen LogP contribution in [0, 0.1) is 0 Å². The van der Waals surface area contributed by atoms with Gasteiger partial charge in [0.1, 0.15) is 10.4 Å². The first kappa shape index (κ1) is 25.0. The number of benzene rings is 2. The molecule has 2 aromatic carbocycles. The number of amides is 2. The topological polar surface area (TPSA) is 92.4 Å². The van der Waals surface area contributed by atoms with Crippen molar-refractivity contribution in [1.29, 1.82) is 0 Å². The van der Waals surface area contributed by atoms with Crippen molar-refractivity contribution in [2.24, 2.45) is 0 Å². The molecule has 3 aromatic rings. The number of thiazole rings is 1. The fourth-order valence-electron chi connectivity index (χ4n) is 3.58. The highest BCUT2D eigenvalue weighted by molar-refractivity contribution is 7.11. The number of aromatic nitrogens is 1. The van der Waals surface area contributed by atoms with E-state index in [1.807, 2.05) is 0 Å². The van der Waals surface area contributed by atoms with E-state index < -0.39 is 23.2 Å². The van der Waals surface area contributed by atoms with Crippen LogP contribution in [0.2, 0.25) is 5.02 Å². The standard InChI is InChI=1S/C23H20ClF3N4O3S/c24-15-3-6-18(17(9-15)23(25,26)27)30-16-4-1-14(2-5-16)10-29-21(33)22(7-8-34-12-22)31-20(32)19-11-28-13-35-19/h1-6,9,11,13,30H,7-8,10,12H2,(H,29,33)(H,31,32)/t22-/m0/s1. The van der Waals surface area contributed by atoms with Gasteiger partial charge in [-0.2, -0.15) is 13.2 Å². The van der Waals surface area contributed by atoms with Gasteiger partial charge in [0, 0.05) is 30.3 Å². The fourth-order valence-corrected chi connectivity index (χ4v) is 4.27. The zero-order valence-corrected chi connectivity index (χ0v) is 19.7. The minimum atomic E-state index is -4.56. The normalized spacial score (nSPS) is 17.7. The van der Waals surface area contributed by atoms with Crippen LogP contribution in [0.5, 0.6) is 0 Å². The predicted octanol–water partition coefficient (Wildman–Crippen LogP) is 4.76. The highest BCUT2D eigenvalue weighted by Gasteiger charge is 2.44. The summed E-state index contributed by atoms with van der Waals surface area (Å²) >= 11 is 6.89. The number of carbonyl (C=O) groups is 2. The van der Waals surface area contributed by atoms with E-state index in [4.69, 9.17) is 16.3 Å². The van der Waals surface area contributed by atoms with Gasteiger partial charge in [-0.3, -0.25) is 14.6 Å². The molecule has 2 amide bonds. The molecule has 0 saturated carbocycles. The van der Waals surface area contributed by atoms with Gasteiger partial charge in [0.15, 0.2) is 0 Å². The van der Waals surface area contributed by atoms with Gasteiger partial charge in [-0.1, -0.05) is 23.7 Å². The second-order valence-electron chi connectivity index (χ2n) is 7.90. The zero-order chi connectivity index (χ0) is 25.1. The number of nitrogens with zero attached hydrogens (tertiary/aromatic N) is 1. The predicted molar refractivity (Wildman–Crippen MR) is 126 cm³/mol. The van der Waals surface area contributed by atoms with E-state index in [1.165, 1.54) is 35.2 Å². The van der Waals surface area contributed by atoms with Crippen molar-refractivity contribution < 1.29 is 27.5 Å². The van der Waals surface area contributed by atoms with E-state index in [-0.39, 0.29) is 29.8 Å². The first-order chi connectivity index (χ1) is 16.7. The maximum absolute atomic E-state index is 13.3. The van der Waals surface area contributed by atoms with Crippen molar-refractivity contribution in [3.05, 3.63) is 75.2 Å². The Morgan fingerprint density at radius 1 is 1.17 bits per heavy atom. The molecule has 0 bridgehead atoms. The third kappa shape index (κ3) is 5.92. The Labute approximate surface area is 207 Å². The number of rotatable bonds is 7. The molecular formula is C23H20ClF3N4O3S. The smallest absolute Gasteiger partial charge is 0.378 e. The maximum atomic E-state index is 13.3. The van der Waals surface area contributed by atoms with Crippen molar-refractivity contribution in [1.82, 2.24) is 15.6 Å². The Balaban J connectivity index is 1.39. The molecule has 1 aliphatic heterocycles. The Bertz CT molecular complexity index is 1200. The highest BCUT2D eigenvalue weighted by Crippen LogP contribution is 2.37. The number of hydrogen-bond donors (Lipinski definition) is 3. The molecule has 0 radical (unpaired) electrons. The third-order valence-electron chi connectivity index (χ3n) is 5.44. The largest absolute Gasteiger partial charge is 0.418 e. The monoisotopic (exact) mass is 524 g/mol. The summed E-state index contributed by atoms with van der Waals surface area (Å²) < 4.78 is 45.3. The molecule has 0 spiro atoms. The second kappa shape index (κ2) is 10.2. The van der Waals surface area contributed by atoms with Crippen LogP contribution < -0.4 is 16.0 Å². The minimum Gasteiger partial charge on any atom is -0.378 e. The van der Waals surface area contributed by atoms with Crippen molar-refractivity contribution in [3.8, 4) is 0 Å². The van der Waals surface area contributed by atoms with Crippen LogP contribution in [0.1, 0.15) is 27.2 Å². The Morgan fingerprint density at radius 3 is 2.57 bits per heavy atom. The molecular weight excluding hydrogens is 505 g/mol. The van der Waals surface area contributed by atoms with Crippen LogP contribution in [0.15, 0.2) is 54.2 Å². The summed E-state index contributed by atoms with van der Waals surface area (Å²) in [5.41, 5.74) is 0.505. The van der Waals surface area contributed by atoms with Gasteiger partial charge >= 0.3 is 6.18 Å². The molecule has 35 heavy (non-hydrogen) atoms. The SMILES string of the molecule is O=C(N[C@@]1(C(=O)NCc2ccc(Nc3ccc(Cl)cc3C(F)(F)F)cc2)CCOC1)c1cncs1. The lowest BCUT2D eigenvalue weighted by atomic mass is 9.97. The zero-order valence-electron chi connectivity index (χ0n) is 18.1. The van der Waals surface area contributed by atoms with E-state index in [0.717, 1.165) is 11.6 Å². The lowest BCUT2D eigenvalue weighted by Gasteiger charge is -2.27. The molecule has 3 N–H and O–H groups in total. The molecule has 1 aromatic heterocycles. The second-order valence-corrected chi connectivity index (χ2v) is 9.22. The van der Waals surface area contributed by atoms with E-state index in [1.54, 1.807) is 24.3 Å². The van der Waals surface area contributed by atoms with Gasteiger partial charge in [0.25, 0.3) is 5.91 Å². The van der Waals surface area contributed by atoms with Gasteiger partial charge in [-0.25, -0.2) is 0 Å². The number of ether oxygens (including phenoxy) is 1. The average molecular weight is 525 g/mol. The summed E-state index contributed by atoms with van der Waals surface area (Å²) in [6.45, 7) is 0.544. The molecule has 1 fully saturated rings. The van der Waals surface area contributed by atoms with Crippen LogP contribution in [-0.2, 0) is 22.3 Å². The van der Waals surface area contributed by atoms with E-state index in [0.29, 0.717) is 23.6 Å². The van der Waals surface area contributed by atoms with Crippen molar-refractivity contribution in [2.75, 3.05) is 18.5 Å². The molecule has 2 heterocycles. The first-order valence-corrected chi connectivity index (χ1v) is 11.7. The molecule has 0 aliphatic carbocycles. The van der Waals surface area contributed by atoms with Crippen LogP contribution in [0.25, 0.3) is 0 Å². The van der Waals surface area contributed by atoms with Crippen LogP contribution in [0.3, 0.4) is 0 Å². The molecule has 184 valence electrons. The van der Waals surface area contributed by atoms with Gasteiger partial charge in [-0.05, 0) is 35.9 Å². The number of nitrogens with one attached hydrogen (secondary N) is 3. The van der Waals surface area contributed by atoms with Gasteiger partial charge in [0.05, 0.1) is 29.6 Å². The fraction of sp³-hybridized carbons (Fsp3) is 0.261. The summed E-state index contributed by atoms with van der Waals surface area (Å²) in [4.78, 5) is 29.7. The van der Waals surface area contributed by atoms with Crippen molar-refractivity contribution >= 4 is 46.1 Å². The summed E-state index contributed by atoms with van der Waals surface area (Å²) in [5, 5.41) is 8.32. The molecule has 1 saturated heterocycles. The number of alkyl halides is 3. The van der Waals surface area contributed by atoms with E-state index in [2.05, 4.69) is 20.9 Å². The molecule has 4 rings (SSSR count). The van der Waals surface area contributed by atoms with Gasteiger partial charge < -0.3 is 20.7 Å². The molecule has 1 atom stereocenters. The maximum Gasteiger partial charge on any atom is 0.418 e. The van der Waals surface area contributed by atoms with Crippen LogP contribution >= 0.6 is 22.9 Å². The number of anilines is 2. The first-order valence-electron chi connectivity index (χ1n) is 10.5. The molecule has 0 unspecified atom stereocenters. The number of carbonyl (C=O) groups excluding carboxylic acids is 2. The number of hydrogen-bond acceptors (Lipinski definition) is 6.